The third-order valence-electron chi connectivity index (χ3n) is 4.96. The molecule has 3 rings (SSSR count). The summed E-state index contributed by atoms with van der Waals surface area (Å²) >= 11 is 6.10. The van der Waals surface area contributed by atoms with Crippen LogP contribution in [0.5, 0.6) is 0 Å². The molecule has 2 fully saturated rings. The maximum Gasteiger partial charge on any atom is 0.252 e. The molecule has 1 aromatic rings. The molecule has 1 atom stereocenters. The lowest BCUT2D eigenvalue weighted by Gasteiger charge is -2.26. The van der Waals surface area contributed by atoms with Crippen LogP contribution < -0.4 is 5.32 Å². The minimum absolute atomic E-state index is 0.0607. The molecule has 0 aliphatic carbocycles. The molecule has 1 N–H and O–H groups in total. The topological polar surface area (TPSA) is 110 Å². The summed E-state index contributed by atoms with van der Waals surface area (Å²) < 4.78 is 54.1. The van der Waals surface area contributed by atoms with E-state index >= 15 is 0 Å². The molecular weight excluding hydrogens is 428 g/mol. The number of ether oxygens (including phenoxy) is 1. The van der Waals surface area contributed by atoms with Crippen LogP contribution in [0.1, 0.15) is 16.8 Å². The summed E-state index contributed by atoms with van der Waals surface area (Å²) in [7, 11) is -7.20. The average molecular weight is 451 g/mol. The number of carbonyl (C=O) groups is 1. The fourth-order valence-corrected chi connectivity index (χ4v) is 7.89. The van der Waals surface area contributed by atoms with Crippen LogP contribution in [0.3, 0.4) is 0 Å². The van der Waals surface area contributed by atoms with Gasteiger partial charge >= 0.3 is 0 Å². The summed E-state index contributed by atoms with van der Waals surface area (Å²) in [5.41, 5.74) is 0.0607. The maximum absolute atomic E-state index is 12.8. The third-order valence-corrected chi connectivity index (χ3v) is 9.46. The zero-order valence-corrected chi connectivity index (χ0v) is 17.7. The van der Waals surface area contributed by atoms with Crippen molar-refractivity contribution in [2.24, 2.45) is 0 Å². The van der Waals surface area contributed by atoms with Crippen LogP contribution in [-0.2, 0) is 24.4 Å². The van der Waals surface area contributed by atoms with Crippen LogP contribution in [-0.4, -0.2) is 83.8 Å². The number of nitrogens with one attached hydrogen (secondary N) is 1. The second kappa shape index (κ2) is 8.66. The molecule has 8 nitrogen and oxygen atoms in total. The Morgan fingerprint density at radius 3 is 2.64 bits per heavy atom. The first-order valence-corrected chi connectivity index (χ1v) is 12.8. The highest BCUT2D eigenvalue weighted by Gasteiger charge is 2.38. The Bertz CT molecular complexity index is 942. The molecule has 1 aromatic carbocycles. The van der Waals surface area contributed by atoms with E-state index in [2.05, 4.69) is 10.2 Å². The molecule has 0 bridgehead atoms. The highest BCUT2D eigenvalue weighted by Crippen LogP contribution is 2.28. The van der Waals surface area contributed by atoms with Gasteiger partial charge in [0, 0.05) is 26.2 Å². The van der Waals surface area contributed by atoms with E-state index in [1.165, 1.54) is 18.2 Å². The molecule has 2 saturated heterocycles. The first-order valence-electron chi connectivity index (χ1n) is 9.01. The van der Waals surface area contributed by atoms with Crippen LogP contribution in [0.2, 0.25) is 5.02 Å². The maximum atomic E-state index is 12.8. The minimum atomic E-state index is -3.86. The van der Waals surface area contributed by atoms with Crippen LogP contribution in [0.25, 0.3) is 0 Å². The van der Waals surface area contributed by atoms with E-state index in [1.54, 1.807) is 0 Å². The second-order valence-corrected chi connectivity index (χ2v) is 11.8. The van der Waals surface area contributed by atoms with E-state index < -0.39 is 30.8 Å². The van der Waals surface area contributed by atoms with Crippen LogP contribution in [0, 0.1) is 0 Å². The SMILES string of the molecule is O=C(NCCN1CCOCC1)c1cc(S(=O)(=O)C2CCS(=O)(=O)C2)ccc1Cl. The van der Waals surface area contributed by atoms with Crippen molar-refractivity contribution in [3.63, 3.8) is 0 Å². The van der Waals surface area contributed by atoms with Crippen molar-refractivity contribution in [1.82, 2.24) is 10.2 Å². The van der Waals surface area contributed by atoms with Crippen molar-refractivity contribution in [2.75, 3.05) is 50.9 Å². The molecule has 2 aliphatic heterocycles. The van der Waals surface area contributed by atoms with E-state index in [-0.39, 0.29) is 33.4 Å². The molecule has 0 saturated carbocycles. The van der Waals surface area contributed by atoms with Crippen molar-refractivity contribution in [2.45, 2.75) is 16.6 Å². The van der Waals surface area contributed by atoms with E-state index in [1.807, 2.05) is 0 Å². The molecule has 0 aromatic heterocycles. The van der Waals surface area contributed by atoms with Crippen LogP contribution >= 0.6 is 11.6 Å². The van der Waals surface area contributed by atoms with Gasteiger partial charge in [-0.2, -0.15) is 0 Å². The molecule has 0 radical (unpaired) electrons. The van der Waals surface area contributed by atoms with E-state index in [9.17, 15) is 21.6 Å². The molecule has 156 valence electrons. The minimum Gasteiger partial charge on any atom is -0.379 e. The van der Waals surface area contributed by atoms with Crippen LogP contribution in [0.15, 0.2) is 23.1 Å². The quantitative estimate of drug-likeness (QED) is 0.666. The Morgan fingerprint density at radius 1 is 1.29 bits per heavy atom. The van der Waals surface area contributed by atoms with Crippen molar-refractivity contribution < 1.29 is 26.4 Å². The van der Waals surface area contributed by atoms with Gasteiger partial charge in [-0.1, -0.05) is 11.6 Å². The van der Waals surface area contributed by atoms with Gasteiger partial charge in [-0.15, -0.1) is 0 Å². The number of rotatable bonds is 6. The van der Waals surface area contributed by atoms with E-state index in [0.717, 1.165) is 13.1 Å². The first-order chi connectivity index (χ1) is 13.2. The summed E-state index contributed by atoms with van der Waals surface area (Å²) in [5, 5.41) is 1.90. The molecule has 2 aliphatic rings. The van der Waals surface area contributed by atoms with Gasteiger partial charge in [-0.05, 0) is 24.6 Å². The van der Waals surface area contributed by atoms with Crippen molar-refractivity contribution in [3.8, 4) is 0 Å². The van der Waals surface area contributed by atoms with Crippen molar-refractivity contribution in [3.05, 3.63) is 28.8 Å². The van der Waals surface area contributed by atoms with Gasteiger partial charge in [0.05, 0.1) is 45.5 Å². The zero-order valence-electron chi connectivity index (χ0n) is 15.3. The lowest BCUT2D eigenvalue weighted by molar-refractivity contribution is 0.0383. The van der Waals surface area contributed by atoms with Gasteiger partial charge in [0.25, 0.3) is 5.91 Å². The Balaban J connectivity index is 1.69. The van der Waals surface area contributed by atoms with Gasteiger partial charge in [-0.3, -0.25) is 9.69 Å². The van der Waals surface area contributed by atoms with Gasteiger partial charge in [-0.25, -0.2) is 16.8 Å². The van der Waals surface area contributed by atoms with Crippen LogP contribution in [0.4, 0.5) is 0 Å². The number of halogens is 1. The smallest absolute Gasteiger partial charge is 0.252 e. The average Bonchev–Trinajstić information content (AvgIpc) is 3.03. The second-order valence-electron chi connectivity index (χ2n) is 6.92. The molecule has 0 spiro atoms. The predicted octanol–water partition coefficient (Wildman–Crippen LogP) is 0.363. The predicted molar refractivity (Wildman–Crippen MR) is 105 cm³/mol. The summed E-state index contributed by atoms with van der Waals surface area (Å²) in [5.74, 6) is -0.993. The molecule has 2 heterocycles. The molecule has 1 unspecified atom stereocenters. The number of benzene rings is 1. The van der Waals surface area contributed by atoms with Gasteiger partial charge < -0.3 is 10.1 Å². The fourth-order valence-electron chi connectivity index (χ4n) is 3.30. The molecule has 28 heavy (non-hydrogen) atoms. The molecule has 11 heteroatoms. The Morgan fingerprint density at radius 2 is 2.00 bits per heavy atom. The highest BCUT2D eigenvalue weighted by molar-refractivity contribution is 7.96. The van der Waals surface area contributed by atoms with Gasteiger partial charge in [0.15, 0.2) is 19.7 Å². The lowest BCUT2D eigenvalue weighted by atomic mass is 10.2. The van der Waals surface area contributed by atoms with Gasteiger partial charge in [0.1, 0.15) is 0 Å². The summed E-state index contributed by atoms with van der Waals surface area (Å²) in [6, 6.07) is 3.90. The highest BCUT2D eigenvalue weighted by atomic mass is 35.5. The number of hydrogen-bond acceptors (Lipinski definition) is 7. The Kier molecular flexibility index (Phi) is 6.65. The summed E-state index contributed by atoms with van der Waals surface area (Å²) in [6.07, 6.45) is 0.0639. The van der Waals surface area contributed by atoms with E-state index in [4.69, 9.17) is 16.3 Å². The zero-order chi connectivity index (χ0) is 20.4. The monoisotopic (exact) mass is 450 g/mol. The summed E-state index contributed by atoms with van der Waals surface area (Å²) in [6.45, 7) is 3.98. The Labute approximate surface area is 170 Å². The number of sulfone groups is 2. The lowest BCUT2D eigenvalue weighted by Crippen LogP contribution is -2.41. The van der Waals surface area contributed by atoms with Crippen molar-refractivity contribution >= 4 is 37.2 Å². The first kappa shape index (κ1) is 21.5. The third kappa shape index (κ3) is 5.04. The largest absolute Gasteiger partial charge is 0.379 e. The van der Waals surface area contributed by atoms with E-state index in [0.29, 0.717) is 26.3 Å². The molecular formula is C17H23ClN2O6S2. The van der Waals surface area contributed by atoms with Crippen molar-refractivity contribution in [1.29, 1.82) is 0 Å². The molecule has 1 amide bonds. The standard InChI is InChI=1S/C17H23ClN2O6S2/c18-16-2-1-13(28(24,25)14-3-10-27(22,23)12-14)11-15(16)17(21)19-4-5-20-6-8-26-9-7-20/h1-2,11,14H,3-10,12H2,(H,19,21). The number of nitrogens with zero attached hydrogens (tertiary/aromatic N) is 1. The Hall–Kier alpha value is -1.20. The number of carbonyl (C=O) groups excluding carboxylic acids is 1. The summed E-state index contributed by atoms with van der Waals surface area (Å²) in [4.78, 5) is 14.6. The number of amides is 1. The fraction of sp³-hybridized carbons (Fsp3) is 0.588. The normalized spacial score (nSPS) is 22.8. The van der Waals surface area contributed by atoms with Gasteiger partial charge in [0.2, 0.25) is 0 Å². The number of morpholine rings is 1. The number of hydrogen-bond donors (Lipinski definition) is 1.